The predicted molar refractivity (Wildman–Crippen MR) is 258 cm³/mol. The SMILES string of the molecule is CCCCC[C@@H](C(=O)NCNC(=O)c1ccc(-c2cc(OCC)cc(P(=O)(OCc3ccccc3)OCc3ccccc3)c2)o1)[C@@H](CC)N(C=O)OC(=O)c1ccc(CN2CCOCC2)cc1C. The molecule has 6 rings (SSSR count). The van der Waals surface area contributed by atoms with Crippen LogP contribution in [0.1, 0.15) is 96.0 Å². The average Bonchev–Trinajstić information content (AvgIpc) is 3.86. The van der Waals surface area contributed by atoms with Gasteiger partial charge in [0.2, 0.25) is 12.3 Å². The van der Waals surface area contributed by atoms with E-state index in [0.717, 1.165) is 54.2 Å². The molecular weight excluding hydrogens is 888 g/mol. The van der Waals surface area contributed by atoms with Crippen LogP contribution in [-0.4, -0.2) is 79.8 Å². The number of carbonyl (C=O) groups is 4. The van der Waals surface area contributed by atoms with Crippen molar-refractivity contribution in [3.8, 4) is 17.1 Å². The van der Waals surface area contributed by atoms with E-state index in [1.54, 1.807) is 30.3 Å². The summed E-state index contributed by atoms with van der Waals surface area (Å²) in [6.07, 6.45) is 3.61. The van der Waals surface area contributed by atoms with Crippen LogP contribution in [0.3, 0.4) is 0 Å². The number of nitrogens with one attached hydrogen (secondary N) is 2. The van der Waals surface area contributed by atoms with E-state index in [9.17, 15) is 23.7 Å². The van der Waals surface area contributed by atoms with Gasteiger partial charge in [-0.15, -0.1) is 0 Å². The Morgan fingerprint density at radius 2 is 1.51 bits per heavy atom. The highest BCUT2D eigenvalue weighted by Gasteiger charge is 2.34. The number of hydrogen-bond acceptors (Lipinski definition) is 12. The van der Waals surface area contributed by atoms with Crippen molar-refractivity contribution in [2.45, 2.75) is 85.6 Å². The molecule has 68 heavy (non-hydrogen) atoms. The third-order valence-corrected chi connectivity index (χ3v) is 13.4. The van der Waals surface area contributed by atoms with Gasteiger partial charge in [0.1, 0.15) is 11.5 Å². The van der Waals surface area contributed by atoms with Crippen LogP contribution in [0.15, 0.2) is 114 Å². The van der Waals surface area contributed by atoms with Gasteiger partial charge in [-0.3, -0.25) is 23.8 Å². The molecule has 0 saturated carbocycles. The number of hydroxylamine groups is 2. The summed E-state index contributed by atoms with van der Waals surface area (Å²) < 4.78 is 44.3. The van der Waals surface area contributed by atoms with Crippen molar-refractivity contribution in [3.05, 3.63) is 143 Å². The number of carbonyl (C=O) groups excluding carboxylic acids is 4. The summed E-state index contributed by atoms with van der Waals surface area (Å²) >= 11 is 0. The fourth-order valence-corrected chi connectivity index (χ4v) is 9.56. The molecule has 0 unspecified atom stereocenters. The minimum Gasteiger partial charge on any atom is -0.494 e. The number of unbranched alkanes of at least 4 members (excludes halogenated alkanes) is 2. The minimum atomic E-state index is -4.00. The Morgan fingerprint density at radius 3 is 2.13 bits per heavy atom. The zero-order valence-corrected chi connectivity index (χ0v) is 40.3. The molecule has 5 aromatic rings. The molecule has 0 spiro atoms. The number of ether oxygens (including phenoxy) is 2. The van der Waals surface area contributed by atoms with Crippen LogP contribution in [0, 0.1) is 12.8 Å². The Hall–Kier alpha value is -6.09. The van der Waals surface area contributed by atoms with Gasteiger partial charge in [0.25, 0.3) is 5.91 Å². The topological polar surface area (TPSA) is 175 Å². The first-order valence-electron chi connectivity index (χ1n) is 23.3. The summed E-state index contributed by atoms with van der Waals surface area (Å²) in [6, 6.07) is 31.5. The van der Waals surface area contributed by atoms with E-state index in [-0.39, 0.29) is 36.7 Å². The number of furan rings is 1. The Bertz CT molecular complexity index is 2410. The number of benzene rings is 4. The molecule has 1 aliphatic rings. The summed E-state index contributed by atoms with van der Waals surface area (Å²) in [7, 11) is -4.00. The molecule has 2 atom stereocenters. The largest absolute Gasteiger partial charge is 0.494 e. The zero-order valence-electron chi connectivity index (χ0n) is 39.4. The fourth-order valence-electron chi connectivity index (χ4n) is 7.97. The maximum absolute atomic E-state index is 14.7. The molecule has 16 heteroatoms. The number of morpholine rings is 1. The molecule has 362 valence electrons. The molecule has 4 aromatic carbocycles. The van der Waals surface area contributed by atoms with Crippen LogP contribution in [0.5, 0.6) is 5.75 Å². The van der Waals surface area contributed by atoms with Gasteiger partial charge in [-0.05, 0) is 85.3 Å². The summed E-state index contributed by atoms with van der Waals surface area (Å²) in [4.78, 5) is 61.4. The maximum Gasteiger partial charge on any atom is 0.363 e. The molecule has 1 aliphatic heterocycles. The van der Waals surface area contributed by atoms with Gasteiger partial charge in [0.05, 0.1) is 62.5 Å². The first-order valence-corrected chi connectivity index (χ1v) is 24.8. The number of aryl methyl sites for hydroxylation is 1. The van der Waals surface area contributed by atoms with Gasteiger partial charge >= 0.3 is 13.6 Å². The van der Waals surface area contributed by atoms with E-state index in [1.807, 2.05) is 100 Å². The molecule has 3 amide bonds. The summed E-state index contributed by atoms with van der Waals surface area (Å²) in [5.41, 5.74) is 4.15. The van der Waals surface area contributed by atoms with Gasteiger partial charge in [-0.2, -0.15) is 5.06 Å². The third-order valence-electron chi connectivity index (χ3n) is 11.6. The lowest BCUT2D eigenvalue weighted by molar-refractivity contribution is -0.171. The van der Waals surface area contributed by atoms with Crippen LogP contribution in [0.25, 0.3) is 11.3 Å². The van der Waals surface area contributed by atoms with Crippen molar-refractivity contribution in [3.63, 3.8) is 0 Å². The van der Waals surface area contributed by atoms with Crippen LogP contribution < -0.4 is 20.7 Å². The van der Waals surface area contributed by atoms with Gasteiger partial charge in [0.15, 0.2) is 5.76 Å². The van der Waals surface area contributed by atoms with E-state index in [4.69, 9.17) is 27.8 Å². The van der Waals surface area contributed by atoms with E-state index in [0.29, 0.717) is 67.9 Å². The van der Waals surface area contributed by atoms with Crippen molar-refractivity contribution in [2.24, 2.45) is 5.92 Å². The van der Waals surface area contributed by atoms with Crippen LogP contribution >= 0.6 is 7.60 Å². The highest BCUT2D eigenvalue weighted by atomic mass is 31.2. The Balaban J connectivity index is 1.12. The second kappa shape index (κ2) is 25.9. The van der Waals surface area contributed by atoms with E-state index < -0.39 is 37.3 Å². The molecule has 1 aromatic heterocycles. The predicted octanol–water partition coefficient (Wildman–Crippen LogP) is 8.75. The Labute approximate surface area is 398 Å². The molecular formula is C52H63N4O11P. The zero-order chi connectivity index (χ0) is 48.3. The van der Waals surface area contributed by atoms with Crippen LogP contribution in [0.4, 0.5) is 0 Å². The standard InChI is InChI=1S/C52H63N4O11P/c1-5-8-11-20-46(47(6-2)56(37-57)67-52(60)45-22-21-41(29-38(45)4)33-55-25-27-62-28-26-55)50(58)53-36-54-51(59)49-24-23-48(66-49)42-30-43(63-7-3)32-44(31-42)68(61,64-34-39-16-12-9-13-17-39)65-35-40-18-14-10-15-19-40/h9-10,12-19,21-24,29-32,37,46-47H,5-8,11,20,25-28,33-36H2,1-4H3,(H,53,58)(H,54,59)/t46-,47-/m1/s1. The number of nitrogens with zero attached hydrogens (tertiary/aromatic N) is 2. The van der Waals surface area contributed by atoms with Crippen molar-refractivity contribution < 1.29 is 51.5 Å². The van der Waals surface area contributed by atoms with E-state index in [2.05, 4.69) is 15.5 Å². The quantitative estimate of drug-likeness (QED) is 0.0178. The Kier molecular flexibility index (Phi) is 19.5. The average molecular weight is 951 g/mol. The van der Waals surface area contributed by atoms with Crippen molar-refractivity contribution in [1.29, 1.82) is 0 Å². The van der Waals surface area contributed by atoms with E-state index in [1.165, 1.54) is 6.07 Å². The van der Waals surface area contributed by atoms with Gasteiger partial charge in [-0.25, -0.2) is 4.79 Å². The second-order valence-corrected chi connectivity index (χ2v) is 18.5. The monoisotopic (exact) mass is 950 g/mol. The van der Waals surface area contributed by atoms with E-state index >= 15 is 0 Å². The minimum absolute atomic E-state index is 0.0231. The van der Waals surface area contributed by atoms with Crippen LogP contribution in [0.2, 0.25) is 0 Å². The van der Waals surface area contributed by atoms with Crippen molar-refractivity contribution >= 4 is 37.1 Å². The number of hydrogen-bond donors (Lipinski definition) is 2. The summed E-state index contributed by atoms with van der Waals surface area (Å²) in [5, 5.41) is 6.65. The normalized spacial score (nSPS) is 13.8. The lowest BCUT2D eigenvalue weighted by Gasteiger charge is -2.32. The third kappa shape index (κ3) is 14.5. The number of rotatable bonds is 26. The fraction of sp³-hybridized carbons (Fsp3) is 0.385. The van der Waals surface area contributed by atoms with Gasteiger partial charge < -0.3 is 38.4 Å². The molecule has 1 fully saturated rings. The smallest absolute Gasteiger partial charge is 0.363 e. The lowest BCUT2D eigenvalue weighted by Crippen LogP contribution is -2.49. The van der Waals surface area contributed by atoms with Crippen LogP contribution in [-0.2, 0) is 52.5 Å². The lowest BCUT2D eigenvalue weighted by atomic mass is 9.90. The van der Waals surface area contributed by atoms with Crippen molar-refractivity contribution in [1.82, 2.24) is 20.6 Å². The molecule has 0 aliphatic carbocycles. The van der Waals surface area contributed by atoms with Gasteiger partial charge in [0, 0.05) is 25.2 Å². The summed E-state index contributed by atoms with van der Waals surface area (Å²) in [5.74, 6) is -1.86. The molecule has 2 N–H and O–H groups in total. The molecule has 0 radical (unpaired) electrons. The highest BCUT2D eigenvalue weighted by molar-refractivity contribution is 7.62. The molecule has 0 bridgehead atoms. The van der Waals surface area contributed by atoms with Crippen molar-refractivity contribution in [2.75, 3.05) is 39.6 Å². The molecule has 2 heterocycles. The molecule has 15 nitrogen and oxygen atoms in total. The summed E-state index contributed by atoms with van der Waals surface area (Å²) in [6.45, 7) is 11.4. The maximum atomic E-state index is 14.7. The molecule has 1 saturated heterocycles. The van der Waals surface area contributed by atoms with Gasteiger partial charge in [-0.1, -0.05) is 106 Å². The number of amides is 3. The first kappa shape index (κ1) is 51.3. The highest BCUT2D eigenvalue weighted by Crippen LogP contribution is 2.50. The first-order chi connectivity index (χ1) is 33.0. The second-order valence-electron chi connectivity index (χ2n) is 16.5. The Morgan fingerprint density at radius 1 is 0.824 bits per heavy atom.